The van der Waals surface area contributed by atoms with E-state index in [-0.39, 0.29) is 0 Å². The normalized spacial score (nSPS) is 10.8. The summed E-state index contributed by atoms with van der Waals surface area (Å²) in [5.74, 6) is 0.554. The molecule has 0 radical (unpaired) electrons. The first kappa shape index (κ1) is 12.9. The quantitative estimate of drug-likeness (QED) is 0.742. The summed E-state index contributed by atoms with van der Waals surface area (Å²) in [4.78, 5) is 2.35. The highest BCUT2D eigenvalue weighted by Crippen LogP contribution is 2.27. The van der Waals surface area contributed by atoms with Gasteiger partial charge < -0.3 is 4.90 Å². The van der Waals surface area contributed by atoms with Crippen molar-refractivity contribution in [1.82, 2.24) is 0 Å². The lowest BCUT2D eigenvalue weighted by molar-refractivity contribution is 0.701. The largest absolute Gasteiger partial charge is 0.369 e. The molecule has 0 aliphatic carbocycles. The van der Waals surface area contributed by atoms with Gasteiger partial charge >= 0.3 is 0 Å². The van der Waals surface area contributed by atoms with E-state index in [0.717, 1.165) is 11.0 Å². The molecule has 1 nitrogen and oxygen atoms in total. The molecule has 0 N–H and O–H groups in total. The Morgan fingerprint density at radius 3 is 2.53 bits per heavy atom. The van der Waals surface area contributed by atoms with Gasteiger partial charge in [-0.2, -0.15) is 0 Å². The Bertz CT molecular complexity index is 325. The first-order chi connectivity index (χ1) is 7.10. The molecule has 3 heteroatoms. The zero-order valence-corrected chi connectivity index (χ0v) is 11.8. The molecule has 1 rings (SSSR count). The molecule has 0 aliphatic rings. The molecule has 0 atom stereocenters. The summed E-state index contributed by atoms with van der Waals surface area (Å²) < 4.78 is 1.08. The Kier molecular flexibility index (Phi) is 4.94. The van der Waals surface area contributed by atoms with E-state index in [9.17, 15) is 0 Å². The van der Waals surface area contributed by atoms with Gasteiger partial charge in [-0.05, 0) is 44.5 Å². The van der Waals surface area contributed by atoms with Crippen LogP contribution in [-0.4, -0.2) is 12.6 Å². The molecule has 15 heavy (non-hydrogen) atoms. The summed E-state index contributed by atoms with van der Waals surface area (Å²) in [6.07, 6.45) is 0. The lowest BCUT2D eigenvalue weighted by Crippen LogP contribution is -2.31. The third-order valence-electron chi connectivity index (χ3n) is 2.46. The van der Waals surface area contributed by atoms with E-state index in [2.05, 4.69) is 59.8 Å². The van der Waals surface area contributed by atoms with Crippen LogP contribution < -0.4 is 4.90 Å². The fourth-order valence-corrected chi connectivity index (χ4v) is 2.38. The predicted octanol–water partition coefficient (Wildman–Crippen LogP) is 4.42. The van der Waals surface area contributed by atoms with Gasteiger partial charge in [0.05, 0.1) is 0 Å². The van der Waals surface area contributed by atoms with Crippen LogP contribution in [0.5, 0.6) is 0 Å². The molecular formula is C12H17BrClN. The highest BCUT2D eigenvalue weighted by atomic mass is 79.9. The van der Waals surface area contributed by atoms with Crippen molar-refractivity contribution in [2.75, 3.05) is 11.4 Å². The van der Waals surface area contributed by atoms with E-state index >= 15 is 0 Å². The first-order valence-electron chi connectivity index (χ1n) is 5.21. The highest BCUT2D eigenvalue weighted by Gasteiger charge is 2.12. The van der Waals surface area contributed by atoms with E-state index in [0.29, 0.717) is 11.9 Å². The van der Waals surface area contributed by atoms with Crippen molar-refractivity contribution < 1.29 is 0 Å². The number of benzene rings is 1. The Hall–Kier alpha value is -0.210. The Morgan fingerprint density at radius 2 is 2.07 bits per heavy atom. The van der Waals surface area contributed by atoms with Crippen molar-refractivity contribution >= 4 is 33.2 Å². The molecule has 0 amide bonds. The van der Waals surface area contributed by atoms with Crippen molar-refractivity contribution in [2.45, 2.75) is 32.7 Å². The summed E-state index contributed by atoms with van der Waals surface area (Å²) in [6, 6.07) is 6.79. The van der Waals surface area contributed by atoms with Gasteiger partial charge in [0.1, 0.15) is 0 Å². The summed E-state index contributed by atoms with van der Waals surface area (Å²) in [7, 11) is 0. The second-order valence-corrected chi connectivity index (χ2v) is 4.97. The van der Waals surface area contributed by atoms with Crippen LogP contribution in [0, 0.1) is 0 Å². The molecule has 0 fully saturated rings. The molecule has 0 heterocycles. The molecule has 84 valence electrons. The van der Waals surface area contributed by atoms with Gasteiger partial charge in [-0.1, -0.05) is 15.9 Å². The number of alkyl halides is 1. The number of halogens is 2. The van der Waals surface area contributed by atoms with Crippen molar-refractivity contribution in [3.8, 4) is 0 Å². The SMILES string of the molecule is CCN(c1ccc(Br)cc1CCl)C(C)C. The minimum Gasteiger partial charge on any atom is -0.369 e. The van der Waals surface area contributed by atoms with Gasteiger partial charge in [0, 0.05) is 28.6 Å². The molecule has 1 aromatic carbocycles. The summed E-state index contributed by atoms with van der Waals surface area (Å²) in [6.45, 7) is 7.57. The van der Waals surface area contributed by atoms with Gasteiger partial charge in [-0.3, -0.25) is 0 Å². The average Bonchev–Trinajstić information content (AvgIpc) is 2.20. The topological polar surface area (TPSA) is 3.24 Å². The van der Waals surface area contributed by atoms with E-state index in [1.807, 2.05) is 0 Å². The minimum atomic E-state index is 0.498. The molecule has 0 saturated carbocycles. The van der Waals surface area contributed by atoms with Crippen LogP contribution in [0.25, 0.3) is 0 Å². The van der Waals surface area contributed by atoms with Gasteiger partial charge in [-0.25, -0.2) is 0 Å². The number of hydrogen-bond donors (Lipinski definition) is 0. The number of nitrogens with zero attached hydrogens (tertiary/aromatic N) is 1. The fourth-order valence-electron chi connectivity index (χ4n) is 1.75. The number of anilines is 1. The first-order valence-corrected chi connectivity index (χ1v) is 6.54. The van der Waals surface area contributed by atoms with E-state index in [1.165, 1.54) is 11.3 Å². The standard InChI is InChI=1S/C12H17BrClN/c1-4-15(9(2)3)12-6-5-11(13)7-10(12)8-14/h5-7,9H,4,8H2,1-3H3. The van der Waals surface area contributed by atoms with Gasteiger partial charge in [0.2, 0.25) is 0 Å². The van der Waals surface area contributed by atoms with Gasteiger partial charge in [0.25, 0.3) is 0 Å². The second-order valence-electron chi connectivity index (χ2n) is 3.79. The van der Waals surface area contributed by atoms with Crippen LogP contribution in [0.15, 0.2) is 22.7 Å². The maximum atomic E-state index is 5.96. The smallest absolute Gasteiger partial charge is 0.0494 e. The Morgan fingerprint density at radius 1 is 1.40 bits per heavy atom. The molecular weight excluding hydrogens is 273 g/mol. The second kappa shape index (κ2) is 5.76. The van der Waals surface area contributed by atoms with Crippen LogP contribution in [0.4, 0.5) is 5.69 Å². The van der Waals surface area contributed by atoms with E-state index < -0.39 is 0 Å². The molecule has 0 bridgehead atoms. The lowest BCUT2D eigenvalue weighted by Gasteiger charge is -2.29. The predicted molar refractivity (Wildman–Crippen MR) is 71.9 cm³/mol. The lowest BCUT2D eigenvalue weighted by atomic mass is 10.1. The van der Waals surface area contributed by atoms with Crippen LogP contribution in [-0.2, 0) is 5.88 Å². The van der Waals surface area contributed by atoms with E-state index in [1.54, 1.807) is 0 Å². The van der Waals surface area contributed by atoms with Crippen LogP contribution in [0.2, 0.25) is 0 Å². The van der Waals surface area contributed by atoms with Crippen molar-refractivity contribution in [3.05, 3.63) is 28.2 Å². The Labute approximate surface area is 106 Å². The number of rotatable bonds is 4. The third-order valence-corrected chi connectivity index (χ3v) is 3.24. The molecule has 0 aromatic heterocycles. The zero-order chi connectivity index (χ0) is 11.4. The maximum Gasteiger partial charge on any atom is 0.0494 e. The molecule has 0 spiro atoms. The molecule has 0 unspecified atom stereocenters. The van der Waals surface area contributed by atoms with Crippen LogP contribution in [0.1, 0.15) is 26.3 Å². The van der Waals surface area contributed by atoms with E-state index in [4.69, 9.17) is 11.6 Å². The summed E-state index contributed by atoms with van der Waals surface area (Å²) >= 11 is 9.43. The zero-order valence-electron chi connectivity index (χ0n) is 9.43. The maximum absolute atomic E-state index is 5.96. The summed E-state index contributed by atoms with van der Waals surface area (Å²) in [5, 5.41) is 0. The van der Waals surface area contributed by atoms with Crippen molar-refractivity contribution in [3.63, 3.8) is 0 Å². The van der Waals surface area contributed by atoms with Gasteiger partial charge in [0.15, 0.2) is 0 Å². The Balaban J connectivity index is 3.11. The number of hydrogen-bond acceptors (Lipinski definition) is 1. The molecule has 1 aromatic rings. The van der Waals surface area contributed by atoms with Crippen molar-refractivity contribution in [1.29, 1.82) is 0 Å². The molecule has 0 aliphatic heterocycles. The third kappa shape index (κ3) is 3.12. The highest BCUT2D eigenvalue weighted by molar-refractivity contribution is 9.10. The van der Waals surface area contributed by atoms with Gasteiger partial charge in [-0.15, -0.1) is 11.6 Å². The fraction of sp³-hybridized carbons (Fsp3) is 0.500. The van der Waals surface area contributed by atoms with Crippen molar-refractivity contribution in [2.24, 2.45) is 0 Å². The minimum absolute atomic E-state index is 0.498. The summed E-state index contributed by atoms with van der Waals surface area (Å²) in [5.41, 5.74) is 2.42. The van der Waals surface area contributed by atoms with Crippen LogP contribution >= 0.6 is 27.5 Å². The van der Waals surface area contributed by atoms with Crippen LogP contribution in [0.3, 0.4) is 0 Å². The average molecular weight is 291 g/mol. The molecule has 0 saturated heterocycles. The monoisotopic (exact) mass is 289 g/mol.